The predicted molar refractivity (Wildman–Crippen MR) is 162 cm³/mol. The van der Waals surface area contributed by atoms with Crippen LogP contribution in [0.2, 0.25) is 0 Å². The zero-order valence-corrected chi connectivity index (χ0v) is 23.1. The summed E-state index contributed by atoms with van der Waals surface area (Å²) in [6, 6.07) is 34.5. The van der Waals surface area contributed by atoms with Crippen LogP contribution in [-0.2, 0) is 6.61 Å². The van der Waals surface area contributed by atoms with Crippen molar-refractivity contribution in [1.82, 2.24) is 4.90 Å². The first-order valence-electron chi connectivity index (χ1n) is 14.3. The van der Waals surface area contributed by atoms with Crippen LogP contribution in [0.3, 0.4) is 0 Å². The Morgan fingerprint density at radius 1 is 0.659 bits per heavy atom. The van der Waals surface area contributed by atoms with Crippen molar-refractivity contribution in [1.29, 1.82) is 0 Å². The first kappa shape index (κ1) is 26.9. The third-order valence-electron chi connectivity index (χ3n) is 7.51. The lowest BCUT2D eigenvalue weighted by molar-refractivity contribution is 0.183. The maximum absolute atomic E-state index is 13.7. The van der Waals surface area contributed by atoms with Crippen molar-refractivity contribution >= 4 is 10.8 Å². The maximum Gasteiger partial charge on any atom is 0.143 e. The SMILES string of the molecule is Fc1ccc(-c2ccc3cc(OCc4ccccc4)ccc3c2Oc2ccc(OCCN3CCCCC3)cc2)cc1. The van der Waals surface area contributed by atoms with E-state index in [9.17, 15) is 4.39 Å². The average molecular weight is 548 g/mol. The zero-order chi connectivity index (χ0) is 27.9. The lowest BCUT2D eigenvalue weighted by Crippen LogP contribution is -2.33. The summed E-state index contributed by atoms with van der Waals surface area (Å²) in [7, 11) is 0. The van der Waals surface area contributed by atoms with Crippen molar-refractivity contribution < 1.29 is 18.6 Å². The minimum atomic E-state index is -0.270. The van der Waals surface area contributed by atoms with E-state index in [1.54, 1.807) is 12.1 Å². The molecule has 6 rings (SSSR count). The number of hydrogen-bond acceptors (Lipinski definition) is 4. The second kappa shape index (κ2) is 12.9. The smallest absolute Gasteiger partial charge is 0.143 e. The molecular formula is C36H34FNO3. The summed E-state index contributed by atoms with van der Waals surface area (Å²) in [5, 5.41) is 1.94. The van der Waals surface area contributed by atoms with Gasteiger partial charge in [0.1, 0.15) is 42.0 Å². The van der Waals surface area contributed by atoms with E-state index in [0.717, 1.165) is 58.6 Å². The Kier molecular flexibility index (Phi) is 8.43. The van der Waals surface area contributed by atoms with Gasteiger partial charge < -0.3 is 14.2 Å². The topological polar surface area (TPSA) is 30.9 Å². The Bertz CT molecular complexity index is 1560. The monoisotopic (exact) mass is 547 g/mol. The van der Waals surface area contributed by atoms with E-state index in [2.05, 4.69) is 11.0 Å². The summed E-state index contributed by atoms with van der Waals surface area (Å²) in [6.45, 7) is 4.45. The Hall–Kier alpha value is -4.35. The molecule has 0 bridgehead atoms. The van der Waals surface area contributed by atoms with Crippen LogP contribution in [0.15, 0.2) is 109 Å². The van der Waals surface area contributed by atoms with Gasteiger partial charge in [0.15, 0.2) is 0 Å². The van der Waals surface area contributed by atoms with Crippen molar-refractivity contribution in [3.05, 3.63) is 121 Å². The van der Waals surface area contributed by atoms with E-state index >= 15 is 0 Å². The van der Waals surface area contributed by atoms with Gasteiger partial charge in [0, 0.05) is 17.5 Å². The summed E-state index contributed by atoms with van der Waals surface area (Å²) in [5.41, 5.74) is 2.88. The highest BCUT2D eigenvalue weighted by atomic mass is 19.1. The molecule has 1 saturated heterocycles. The summed E-state index contributed by atoms with van der Waals surface area (Å²) in [5.74, 6) is 2.75. The van der Waals surface area contributed by atoms with Crippen LogP contribution in [0, 0.1) is 5.82 Å². The van der Waals surface area contributed by atoms with Gasteiger partial charge in [-0.3, -0.25) is 4.90 Å². The number of benzene rings is 5. The van der Waals surface area contributed by atoms with E-state index < -0.39 is 0 Å². The molecule has 0 N–H and O–H groups in total. The van der Waals surface area contributed by atoms with Gasteiger partial charge in [-0.2, -0.15) is 0 Å². The number of nitrogens with zero attached hydrogens (tertiary/aromatic N) is 1. The molecular weight excluding hydrogens is 513 g/mol. The maximum atomic E-state index is 13.7. The average Bonchev–Trinajstić information content (AvgIpc) is 3.02. The fourth-order valence-electron chi connectivity index (χ4n) is 5.27. The summed E-state index contributed by atoms with van der Waals surface area (Å²) in [6.07, 6.45) is 3.89. The van der Waals surface area contributed by atoms with Crippen LogP contribution in [0.5, 0.6) is 23.0 Å². The van der Waals surface area contributed by atoms with Crippen LogP contribution in [0.1, 0.15) is 24.8 Å². The first-order chi connectivity index (χ1) is 20.2. The molecule has 0 saturated carbocycles. The normalized spacial score (nSPS) is 13.7. The summed E-state index contributed by atoms with van der Waals surface area (Å²) < 4.78 is 32.3. The third kappa shape index (κ3) is 6.87. The molecule has 0 atom stereocenters. The van der Waals surface area contributed by atoms with Gasteiger partial charge in [-0.15, -0.1) is 0 Å². The van der Waals surface area contributed by atoms with E-state index in [-0.39, 0.29) is 5.82 Å². The Labute approximate surface area is 240 Å². The van der Waals surface area contributed by atoms with Gasteiger partial charge in [0.05, 0.1) is 0 Å². The van der Waals surface area contributed by atoms with E-state index in [1.807, 2.05) is 78.9 Å². The number of likely N-dealkylation sites (tertiary alicyclic amines) is 1. The molecule has 0 unspecified atom stereocenters. The summed E-state index contributed by atoms with van der Waals surface area (Å²) >= 11 is 0. The zero-order valence-electron chi connectivity index (χ0n) is 23.1. The molecule has 1 fully saturated rings. The van der Waals surface area contributed by atoms with Gasteiger partial charge in [-0.05, 0) is 103 Å². The Morgan fingerprint density at radius 2 is 1.39 bits per heavy atom. The third-order valence-corrected chi connectivity index (χ3v) is 7.51. The highest BCUT2D eigenvalue weighted by Gasteiger charge is 2.14. The molecule has 5 aromatic rings. The predicted octanol–water partition coefficient (Wildman–Crippen LogP) is 8.88. The number of rotatable bonds is 10. The molecule has 5 heteroatoms. The van der Waals surface area contributed by atoms with Gasteiger partial charge in [-0.1, -0.05) is 55.0 Å². The molecule has 1 aliphatic heterocycles. The number of halogens is 1. The minimum absolute atomic E-state index is 0.270. The number of ether oxygens (including phenoxy) is 3. The van der Waals surface area contributed by atoms with Crippen LogP contribution in [-0.4, -0.2) is 31.1 Å². The molecule has 4 nitrogen and oxygen atoms in total. The van der Waals surface area contributed by atoms with Crippen molar-refractivity contribution in [2.45, 2.75) is 25.9 Å². The highest BCUT2D eigenvalue weighted by Crippen LogP contribution is 2.41. The molecule has 41 heavy (non-hydrogen) atoms. The molecule has 1 aliphatic rings. The quantitative estimate of drug-likeness (QED) is 0.175. The second-order valence-electron chi connectivity index (χ2n) is 10.4. The lowest BCUT2D eigenvalue weighted by atomic mass is 9.99. The number of piperidine rings is 1. The van der Waals surface area contributed by atoms with Crippen LogP contribution in [0.25, 0.3) is 21.9 Å². The molecule has 5 aromatic carbocycles. The molecule has 0 spiro atoms. The fraction of sp³-hybridized carbons (Fsp3) is 0.222. The Balaban J connectivity index is 1.23. The van der Waals surface area contributed by atoms with E-state index in [1.165, 1.54) is 31.4 Å². The van der Waals surface area contributed by atoms with Crippen LogP contribution >= 0.6 is 0 Å². The second-order valence-corrected chi connectivity index (χ2v) is 10.4. The highest BCUT2D eigenvalue weighted by molar-refractivity contribution is 5.96. The fourth-order valence-corrected chi connectivity index (χ4v) is 5.27. The molecule has 208 valence electrons. The number of hydrogen-bond donors (Lipinski definition) is 0. The van der Waals surface area contributed by atoms with Gasteiger partial charge in [-0.25, -0.2) is 4.39 Å². The molecule has 0 amide bonds. The van der Waals surface area contributed by atoms with Crippen LogP contribution < -0.4 is 14.2 Å². The molecule has 1 heterocycles. The Morgan fingerprint density at radius 3 is 2.17 bits per heavy atom. The van der Waals surface area contributed by atoms with Gasteiger partial charge >= 0.3 is 0 Å². The van der Waals surface area contributed by atoms with Gasteiger partial charge in [0.2, 0.25) is 0 Å². The molecule has 0 aromatic heterocycles. The van der Waals surface area contributed by atoms with Gasteiger partial charge in [0.25, 0.3) is 0 Å². The summed E-state index contributed by atoms with van der Waals surface area (Å²) in [4.78, 5) is 2.47. The van der Waals surface area contributed by atoms with Crippen molar-refractivity contribution in [3.8, 4) is 34.1 Å². The van der Waals surface area contributed by atoms with E-state index in [4.69, 9.17) is 14.2 Å². The van der Waals surface area contributed by atoms with Crippen molar-refractivity contribution in [2.75, 3.05) is 26.2 Å². The first-order valence-corrected chi connectivity index (χ1v) is 14.3. The molecule has 0 aliphatic carbocycles. The minimum Gasteiger partial charge on any atom is -0.492 e. The standard InChI is InChI=1S/C36H34FNO3/c37-30-12-9-28(10-13-30)34-19-11-29-25-33(40-26-27-7-3-1-4-8-27)18-20-35(29)36(34)41-32-16-14-31(15-17-32)39-24-23-38-21-5-2-6-22-38/h1,3-4,7-20,25H,2,5-6,21-24,26H2. The number of fused-ring (bicyclic) bond motifs is 1. The van der Waals surface area contributed by atoms with Crippen molar-refractivity contribution in [3.63, 3.8) is 0 Å². The lowest BCUT2D eigenvalue weighted by Gasteiger charge is -2.26. The molecule has 0 radical (unpaired) electrons. The van der Waals surface area contributed by atoms with Crippen molar-refractivity contribution in [2.24, 2.45) is 0 Å². The van der Waals surface area contributed by atoms with Crippen LogP contribution in [0.4, 0.5) is 4.39 Å². The largest absolute Gasteiger partial charge is 0.492 e. The van der Waals surface area contributed by atoms with E-state index in [0.29, 0.717) is 24.7 Å².